The van der Waals surface area contributed by atoms with E-state index in [0.29, 0.717) is 11.1 Å². The standard InChI is InChI=1S/2C9H8INO3/c2*10-7-4-2-1-3-6(7)9(14)11-5-8(12)13/h2*1-4H,5H2,(H,11,14)(H,12,13). The molecule has 0 saturated heterocycles. The SMILES string of the molecule is O=C(O)CNC(=O)c1ccccc1I.O=C(O)CNC(=O)c1ccccc1I. The number of carbonyl (C=O) groups excluding carboxylic acids is 2. The summed E-state index contributed by atoms with van der Waals surface area (Å²) in [6.45, 7) is -0.715. The highest BCUT2D eigenvalue weighted by atomic mass is 127. The number of halogens is 2. The van der Waals surface area contributed by atoms with E-state index in [1.54, 1.807) is 36.4 Å². The zero-order chi connectivity index (χ0) is 21.1. The molecule has 0 radical (unpaired) electrons. The lowest BCUT2D eigenvalue weighted by Gasteiger charge is -2.03. The van der Waals surface area contributed by atoms with Crippen molar-refractivity contribution in [2.24, 2.45) is 0 Å². The lowest BCUT2D eigenvalue weighted by molar-refractivity contribution is -0.136. The van der Waals surface area contributed by atoms with E-state index >= 15 is 0 Å². The van der Waals surface area contributed by atoms with Crippen molar-refractivity contribution in [1.82, 2.24) is 10.6 Å². The van der Waals surface area contributed by atoms with Crippen LogP contribution in [0.15, 0.2) is 48.5 Å². The minimum absolute atomic E-state index is 0.357. The molecule has 0 fully saturated rings. The highest BCUT2D eigenvalue weighted by Crippen LogP contribution is 2.11. The van der Waals surface area contributed by atoms with Gasteiger partial charge in [-0.1, -0.05) is 24.3 Å². The van der Waals surface area contributed by atoms with Crippen LogP contribution in [0.5, 0.6) is 0 Å². The van der Waals surface area contributed by atoms with Gasteiger partial charge in [0.25, 0.3) is 11.8 Å². The van der Waals surface area contributed by atoms with Gasteiger partial charge in [-0.3, -0.25) is 19.2 Å². The minimum atomic E-state index is -1.05. The molecule has 2 rings (SSSR count). The number of carboxylic acids is 2. The molecule has 0 atom stereocenters. The van der Waals surface area contributed by atoms with Crippen molar-refractivity contribution in [2.75, 3.05) is 13.1 Å². The number of amides is 2. The number of nitrogens with one attached hydrogen (secondary N) is 2. The predicted molar refractivity (Wildman–Crippen MR) is 118 cm³/mol. The number of aliphatic carboxylic acids is 2. The van der Waals surface area contributed by atoms with Gasteiger partial charge in [0.15, 0.2) is 0 Å². The highest BCUT2D eigenvalue weighted by Gasteiger charge is 2.10. The quantitative estimate of drug-likeness (QED) is 0.371. The summed E-state index contributed by atoms with van der Waals surface area (Å²) in [6.07, 6.45) is 0. The summed E-state index contributed by atoms with van der Waals surface area (Å²) >= 11 is 4.05. The van der Waals surface area contributed by atoms with Gasteiger partial charge in [-0.25, -0.2) is 0 Å². The molecule has 8 nitrogen and oxygen atoms in total. The maximum absolute atomic E-state index is 11.4. The second kappa shape index (κ2) is 12.3. The average molecular weight is 610 g/mol. The lowest BCUT2D eigenvalue weighted by Crippen LogP contribution is -2.29. The molecule has 10 heteroatoms. The zero-order valence-corrected chi connectivity index (χ0v) is 18.6. The summed E-state index contributed by atoms with van der Waals surface area (Å²) < 4.78 is 1.60. The molecule has 0 spiro atoms. The number of rotatable bonds is 6. The van der Waals surface area contributed by atoms with E-state index in [4.69, 9.17) is 10.2 Å². The monoisotopic (exact) mass is 610 g/mol. The van der Waals surface area contributed by atoms with Gasteiger partial charge in [0.05, 0.1) is 11.1 Å². The van der Waals surface area contributed by atoms with Crippen LogP contribution in [0.25, 0.3) is 0 Å². The zero-order valence-electron chi connectivity index (χ0n) is 14.3. The van der Waals surface area contributed by atoms with E-state index in [1.807, 2.05) is 57.3 Å². The summed E-state index contributed by atoms with van der Waals surface area (Å²) in [5, 5.41) is 21.3. The maximum atomic E-state index is 11.4. The summed E-state index contributed by atoms with van der Waals surface area (Å²) in [7, 11) is 0. The number of benzene rings is 2. The fraction of sp³-hybridized carbons (Fsp3) is 0.111. The van der Waals surface area contributed by atoms with E-state index < -0.39 is 11.9 Å². The summed E-state index contributed by atoms with van der Waals surface area (Å²) in [6, 6.07) is 14.0. The molecule has 2 amide bonds. The molecule has 0 aliphatic rings. The van der Waals surface area contributed by atoms with Gasteiger partial charge in [0.1, 0.15) is 13.1 Å². The Kier molecular flexibility index (Phi) is 10.4. The third kappa shape index (κ3) is 8.65. The van der Waals surface area contributed by atoms with E-state index in [0.717, 1.165) is 7.14 Å². The van der Waals surface area contributed by atoms with Crippen LogP contribution in [0.4, 0.5) is 0 Å². The molecule has 4 N–H and O–H groups in total. The second-order valence-electron chi connectivity index (χ2n) is 5.11. The second-order valence-corrected chi connectivity index (χ2v) is 7.44. The average Bonchev–Trinajstić information content (AvgIpc) is 2.65. The van der Waals surface area contributed by atoms with E-state index in [2.05, 4.69) is 10.6 Å². The third-order valence-electron chi connectivity index (χ3n) is 3.04. The van der Waals surface area contributed by atoms with Crippen molar-refractivity contribution < 1.29 is 29.4 Å². The van der Waals surface area contributed by atoms with Crippen LogP contribution in [0.1, 0.15) is 20.7 Å². The molecule has 0 aliphatic carbocycles. The van der Waals surface area contributed by atoms with Gasteiger partial charge in [0.2, 0.25) is 0 Å². The Morgan fingerprint density at radius 2 is 1.00 bits per heavy atom. The van der Waals surface area contributed by atoms with Crippen LogP contribution in [-0.4, -0.2) is 47.1 Å². The Labute approximate surface area is 188 Å². The molecule has 0 unspecified atom stereocenters. The van der Waals surface area contributed by atoms with Crippen LogP contribution in [-0.2, 0) is 9.59 Å². The molecule has 0 bridgehead atoms. The van der Waals surface area contributed by atoms with Crippen LogP contribution in [0.3, 0.4) is 0 Å². The van der Waals surface area contributed by atoms with E-state index in [9.17, 15) is 19.2 Å². The number of hydrogen-bond donors (Lipinski definition) is 4. The summed E-state index contributed by atoms with van der Waals surface area (Å²) in [5.41, 5.74) is 0.990. The first-order chi connectivity index (χ1) is 13.2. The Hall–Kier alpha value is -2.22. The molecular formula is C18H16I2N2O6. The molecule has 148 valence electrons. The van der Waals surface area contributed by atoms with Crippen LogP contribution < -0.4 is 10.6 Å². The largest absolute Gasteiger partial charge is 0.480 e. The van der Waals surface area contributed by atoms with Crippen molar-refractivity contribution in [3.05, 3.63) is 66.8 Å². The van der Waals surface area contributed by atoms with E-state index in [1.165, 1.54) is 0 Å². The molecule has 0 saturated carbocycles. The molecular weight excluding hydrogens is 594 g/mol. The Morgan fingerprint density at radius 1 is 0.679 bits per heavy atom. The fourth-order valence-electron chi connectivity index (χ4n) is 1.79. The Bertz CT molecular complexity index is 801. The summed E-state index contributed by atoms with van der Waals surface area (Å²) in [4.78, 5) is 43.2. The van der Waals surface area contributed by atoms with Crippen LogP contribution in [0, 0.1) is 7.14 Å². The van der Waals surface area contributed by atoms with Crippen LogP contribution >= 0.6 is 45.2 Å². The molecule has 2 aromatic rings. The van der Waals surface area contributed by atoms with Crippen molar-refractivity contribution in [2.45, 2.75) is 0 Å². The van der Waals surface area contributed by atoms with Gasteiger partial charge < -0.3 is 20.8 Å². The van der Waals surface area contributed by atoms with Crippen molar-refractivity contribution >= 4 is 68.9 Å². The number of carbonyl (C=O) groups is 4. The first kappa shape index (κ1) is 23.8. The summed E-state index contributed by atoms with van der Waals surface area (Å²) in [5.74, 6) is -2.83. The fourth-order valence-corrected chi connectivity index (χ4v) is 3.06. The normalized spacial score (nSPS) is 9.50. The van der Waals surface area contributed by atoms with Gasteiger partial charge >= 0.3 is 11.9 Å². The van der Waals surface area contributed by atoms with Crippen molar-refractivity contribution in [1.29, 1.82) is 0 Å². The molecule has 0 aromatic heterocycles. The molecule has 0 aliphatic heterocycles. The van der Waals surface area contributed by atoms with E-state index in [-0.39, 0.29) is 24.9 Å². The molecule has 28 heavy (non-hydrogen) atoms. The van der Waals surface area contributed by atoms with Crippen LogP contribution in [0.2, 0.25) is 0 Å². The van der Waals surface area contributed by atoms with Gasteiger partial charge in [0, 0.05) is 7.14 Å². The minimum Gasteiger partial charge on any atom is -0.480 e. The van der Waals surface area contributed by atoms with Gasteiger partial charge in [-0.15, -0.1) is 0 Å². The third-order valence-corrected chi connectivity index (χ3v) is 4.92. The van der Waals surface area contributed by atoms with Crippen molar-refractivity contribution in [3.8, 4) is 0 Å². The predicted octanol–water partition coefficient (Wildman–Crippen LogP) is 2.21. The highest BCUT2D eigenvalue weighted by molar-refractivity contribution is 14.1. The lowest BCUT2D eigenvalue weighted by atomic mass is 10.2. The van der Waals surface area contributed by atoms with Gasteiger partial charge in [-0.2, -0.15) is 0 Å². The Morgan fingerprint density at radius 3 is 1.29 bits per heavy atom. The smallest absolute Gasteiger partial charge is 0.322 e. The first-order valence-electron chi connectivity index (χ1n) is 7.71. The number of hydrogen-bond acceptors (Lipinski definition) is 4. The van der Waals surface area contributed by atoms with Gasteiger partial charge in [-0.05, 0) is 69.4 Å². The molecule has 0 heterocycles. The topological polar surface area (TPSA) is 133 Å². The van der Waals surface area contributed by atoms with Crippen molar-refractivity contribution in [3.63, 3.8) is 0 Å². The first-order valence-corrected chi connectivity index (χ1v) is 9.87. The maximum Gasteiger partial charge on any atom is 0.322 e. The molecule has 2 aromatic carbocycles. The number of carboxylic acid groups (broad SMARTS) is 2. The Balaban J connectivity index is 0.000000280.